The summed E-state index contributed by atoms with van der Waals surface area (Å²) in [6.45, 7) is 5.47. The highest BCUT2D eigenvalue weighted by atomic mass is 16.5. The number of aromatic hydroxyl groups is 1. The quantitative estimate of drug-likeness (QED) is 0.651. The Bertz CT molecular complexity index is 785. The molecular weight excluding hydrogens is 352 g/mol. The largest absolute Gasteiger partial charge is 0.507 e. The van der Waals surface area contributed by atoms with Crippen LogP contribution in [0.3, 0.4) is 0 Å². The van der Waals surface area contributed by atoms with Crippen molar-refractivity contribution in [1.82, 2.24) is 4.90 Å². The van der Waals surface area contributed by atoms with E-state index in [2.05, 4.69) is 22.9 Å². The van der Waals surface area contributed by atoms with Crippen molar-refractivity contribution in [3.05, 3.63) is 53.6 Å². The molecule has 1 N–H and O–H groups in total. The summed E-state index contributed by atoms with van der Waals surface area (Å²) in [7, 11) is 1.71. The molecule has 2 aromatic carbocycles. The van der Waals surface area contributed by atoms with Gasteiger partial charge >= 0.3 is 0 Å². The summed E-state index contributed by atoms with van der Waals surface area (Å²) >= 11 is 0. The van der Waals surface area contributed by atoms with Crippen LogP contribution in [0.25, 0.3) is 0 Å². The highest BCUT2D eigenvalue weighted by Crippen LogP contribution is 2.32. The summed E-state index contributed by atoms with van der Waals surface area (Å²) in [5.74, 6) is 1.77. The van der Waals surface area contributed by atoms with Crippen LogP contribution in [0.2, 0.25) is 0 Å². The molecule has 0 unspecified atom stereocenters. The number of benzene rings is 2. The van der Waals surface area contributed by atoms with Crippen LogP contribution in [0, 0.1) is 0 Å². The Kier molecular flexibility index (Phi) is 7.31. The van der Waals surface area contributed by atoms with Gasteiger partial charge in [0.05, 0.1) is 26.3 Å². The van der Waals surface area contributed by atoms with Crippen molar-refractivity contribution in [2.75, 3.05) is 33.4 Å². The van der Waals surface area contributed by atoms with E-state index in [1.165, 1.54) is 12.8 Å². The fourth-order valence-electron chi connectivity index (χ4n) is 3.60. The third kappa shape index (κ3) is 5.04. The number of aliphatic imine (C=N–C) groups is 1. The molecule has 0 saturated carbocycles. The first-order valence-corrected chi connectivity index (χ1v) is 10.1. The number of para-hydroxylation sites is 1. The zero-order valence-electron chi connectivity index (χ0n) is 16.8. The van der Waals surface area contributed by atoms with E-state index in [1.807, 2.05) is 30.3 Å². The fraction of sp³-hybridized carbons (Fsp3) is 0.435. The molecule has 5 nitrogen and oxygen atoms in total. The summed E-state index contributed by atoms with van der Waals surface area (Å²) < 4.78 is 11.1. The molecule has 0 aromatic heterocycles. The first-order valence-electron chi connectivity index (χ1n) is 10.1. The molecule has 0 amide bonds. The van der Waals surface area contributed by atoms with E-state index in [0.717, 1.165) is 30.8 Å². The lowest BCUT2D eigenvalue weighted by atomic mass is 10.0. The molecule has 3 rings (SSSR count). The molecule has 5 heteroatoms. The van der Waals surface area contributed by atoms with E-state index in [0.29, 0.717) is 24.5 Å². The topological polar surface area (TPSA) is 54.3 Å². The van der Waals surface area contributed by atoms with Crippen molar-refractivity contribution in [2.45, 2.75) is 32.2 Å². The van der Waals surface area contributed by atoms with Gasteiger partial charge in [0.15, 0.2) is 0 Å². The average molecular weight is 383 g/mol. The van der Waals surface area contributed by atoms with E-state index in [1.54, 1.807) is 19.4 Å². The lowest BCUT2D eigenvalue weighted by Gasteiger charge is -2.27. The lowest BCUT2D eigenvalue weighted by molar-refractivity contribution is 0.246. The van der Waals surface area contributed by atoms with Crippen molar-refractivity contribution in [1.29, 1.82) is 0 Å². The third-order valence-corrected chi connectivity index (χ3v) is 5.06. The highest BCUT2D eigenvalue weighted by Gasteiger charge is 2.25. The molecule has 28 heavy (non-hydrogen) atoms. The van der Waals surface area contributed by atoms with Crippen LogP contribution in [0.5, 0.6) is 17.2 Å². The van der Waals surface area contributed by atoms with Crippen molar-refractivity contribution < 1.29 is 14.6 Å². The predicted molar refractivity (Wildman–Crippen MR) is 113 cm³/mol. The molecule has 0 aliphatic carbocycles. The number of phenols is 1. The third-order valence-electron chi connectivity index (χ3n) is 5.06. The molecule has 0 radical (unpaired) electrons. The minimum Gasteiger partial charge on any atom is -0.507 e. The van der Waals surface area contributed by atoms with E-state index in [4.69, 9.17) is 9.47 Å². The number of phenolic OH excluding ortho intramolecular Hbond substituents is 1. The number of ether oxygens (including phenoxy) is 2. The van der Waals surface area contributed by atoms with Crippen LogP contribution in [0.15, 0.2) is 47.5 Å². The van der Waals surface area contributed by atoms with Gasteiger partial charge in [-0.05, 0) is 50.6 Å². The van der Waals surface area contributed by atoms with E-state index < -0.39 is 0 Å². The number of methoxy groups -OCH3 is 1. The molecule has 0 spiro atoms. The lowest BCUT2D eigenvalue weighted by Crippen LogP contribution is -2.28. The Labute approximate surface area is 167 Å². The normalized spacial score (nSPS) is 15.8. The Balaban J connectivity index is 1.75. The number of hydrogen-bond acceptors (Lipinski definition) is 5. The maximum Gasteiger partial charge on any atom is 0.128 e. The van der Waals surface area contributed by atoms with Crippen LogP contribution in [-0.4, -0.2) is 49.6 Å². The Morgan fingerprint density at radius 2 is 1.96 bits per heavy atom. The van der Waals surface area contributed by atoms with Gasteiger partial charge in [-0.2, -0.15) is 0 Å². The molecule has 1 saturated heterocycles. The molecule has 1 aliphatic heterocycles. The van der Waals surface area contributed by atoms with E-state index in [9.17, 15) is 5.11 Å². The van der Waals surface area contributed by atoms with E-state index >= 15 is 0 Å². The van der Waals surface area contributed by atoms with Gasteiger partial charge in [-0.15, -0.1) is 0 Å². The fourth-order valence-corrected chi connectivity index (χ4v) is 3.60. The van der Waals surface area contributed by atoms with Crippen LogP contribution in [-0.2, 0) is 0 Å². The maximum atomic E-state index is 10.3. The first-order chi connectivity index (χ1) is 13.7. The summed E-state index contributed by atoms with van der Waals surface area (Å²) in [5, 5.41) is 10.3. The molecule has 2 aromatic rings. The van der Waals surface area contributed by atoms with Crippen LogP contribution in [0.4, 0.5) is 0 Å². The van der Waals surface area contributed by atoms with Crippen molar-refractivity contribution >= 4 is 6.21 Å². The minimum absolute atomic E-state index is 0.171. The monoisotopic (exact) mass is 382 g/mol. The molecule has 1 atom stereocenters. The molecule has 0 bridgehead atoms. The number of rotatable bonds is 9. The standard InChI is InChI=1S/C23H30N2O3/c1-3-14-28-19-11-10-18(22(26)15-19)16-24-17-21(25-12-6-7-13-25)20-8-4-5-9-23(20)27-2/h4-5,8-11,15-16,21,26H,3,6-7,12-14,17H2,1-2H3/t21-/m0/s1. The predicted octanol–water partition coefficient (Wildman–Crippen LogP) is 4.45. The van der Waals surface area contributed by atoms with Gasteiger partial charge in [-0.25, -0.2) is 0 Å². The Morgan fingerprint density at radius 1 is 1.18 bits per heavy atom. The Hall–Kier alpha value is -2.53. The van der Waals surface area contributed by atoms with Crippen LogP contribution < -0.4 is 9.47 Å². The van der Waals surface area contributed by atoms with Gasteiger partial charge in [0.2, 0.25) is 0 Å². The highest BCUT2D eigenvalue weighted by molar-refractivity contribution is 5.83. The van der Waals surface area contributed by atoms with Crippen molar-refractivity contribution in [3.63, 3.8) is 0 Å². The molecule has 1 heterocycles. The summed E-state index contributed by atoms with van der Waals surface area (Å²) in [5.41, 5.74) is 1.86. The number of hydrogen-bond donors (Lipinski definition) is 1. The van der Waals surface area contributed by atoms with Gasteiger partial charge in [0.1, 0.15) is 17.2 Å². The van der Waals surface area contributed by atoms with Crippen LogP contribution in [0.1, 0.15) is 43.4 Å². The van der Waals surface area contributed by atoms with Crippen molar-refractivity contribution in [3.8, 4) is 17.2 Å². The molecule has 1 fully saturated rings. The number of nitrogens with zero attached hydrogens (tertiary/aromatic N) is 2. The van der Waals surface area contributed by atoms with E-state index in [-0.39, 0.29) is 11.8 Å². The molecule has 1 aliphatic rings. The zero-order chi connectivity index (χ0) is 19.8. The van der Waals surface area contributed by atoms with Gasteiger partial charge in [0.25, 0.3) is 0 Å². The average Bonchev–Trinajstić information content (AvgIpc) is 3.25. The van der Waals surface area contributed by atoms with Gasteiger partial charge in [-0.1, -0.05) is 25.1 Å². The maximum absolute atomic E-state index is 10.3. The zero-order valence-corrected chi connectivity index (χ0v) is 16.8. The summed E-state index contributed by atoms with van der Waals surface area (Å²) in [6, 6.07) is 13.7. The van der Waals surface area contributed by atoms with Gasteiger partial charge in [0, 0.05) is 23.4 Å². The molecule has 150 valence electrons. The Morgan fingerprint density at radius 3 is 2.68 bits per heavy atom. The summed E-state index contributed by atoms with van der Waals surface area (Å²) in [4.78, 5) is 7.14. The van der Waals surface area contributed by atoms with Crippen molar-refractivity contribution in [2.24, 2.45) is 4.99 Å². The molecular formula is C23H30N2O3. The second-order valence-corrected chi connectivity index (χ2v) is 7.06. The van der Waals surface area contributed by atoms with Crippen LogP contribution >= 0.6 is 0 Å². The van der Waals surface area contributed by atoms with Gasteiger partial charge < -0.3 is 14.6 Å². The first kappa shape index (κ1) is 20.2. The summed E-state index contributed by atoms with van der Waals surface area (Å²) in [6.07, 6.45) is 5.12. The smallest absolute Gasteiger partial charge is 0.128 e. The minimum atomic E-state index is 0.171. The number of likely N-dealkylation sites (tertiary alicyclic amines) is 1. The second kappa shape index (κ2) is 10.1. The SMILES string of the molecule is CCCOc1ccc(C=NC[C@@H](c2ccccc2OC)N2CCCC2)c(O)c1. The second-order valence-electron chi connectivity index (χ2n) is 7.06. The van der Waals surface area contributed by atoms with Gasteiger partial charge in [-0.3, -0.25) is 9.89 Å².